The molecule has 0 saturated heterocycles. The highest BCUT2D eigenvalue weighted by molar-refractivity contribution is 5.97. The highest BCUT2D eigenvalue weighted by atomic mass is 19.1. The Hall–Kier alpha value is -2.43. The molecule has 0 aliphatic heterocycles. The van der Waals surface area contributed by atoms with Crippen molar-refractivity contribution < 1.29 is 23.0 Å². The molecule has 0 atom stereocenters. The third kappa shape index (κ3) is 4.02. The van der Waals surface area contributed by atoms with Crippen molar-refractivity contribution in [2.45, 2.75) is 6.92 Å². The van der Waals surface area contributed by atoms with Crippen LogP contribution >= 0.6 is 0 Å². The van der Waals surface area contributed by atoms with Gasteiger partial charge in [0.2, 0.25) is 5.78 Å². The maximum absolute atomic E-state index is 13.5. The van der Waals surface area contributed by atoms with Crippen molar-refractivity contribution in [1.82, 2.24) is 0 Å². The fourth-order valence-electron chi connectivity index (χ4n) is 1.76. The molecule has 0 spiro atoms. The normalized spacial score (nSPS) is 10.2. The van der Waals surface area contributed by atoms with Crippen LogP contribution in [0.5, 0.6) is 11.5 Å². The molecule has 0 fully saturated rings. The number of carbonyl (C=O) groups excluding carboxylic acids is 1. The van der Waals surface area contributed by atoms with Gasteiger partial charge in [-0.15, -0.1) is 0 Å². The number of Topliss-reactive ketones (excluding diaryl/α,β-unsaturated/α-hetero) is 1. The Morgan fingerprint density at radius 1 is 1.05 bits per heavy atom. The minimum absolute atomic E-state index is 0.197. The zero-order valence-corrected chi connectivity index (χ0v) is 11.4. The van der Waals surface area contributed by atoms with Crippen LogP contribution in [0.1, 0.15) is 17.3 Å². The van der Waals surface area contributed by atoms with Crippen LogP contribution in [-0.4, -0.2) is 19.0 Å². The summed E-state index contributed by atoms with van der Waals surface area (Å²) in [6.45, 7) is 2.04. The first-order chi connectivity index (χ1) is 10.1. The second-order valence-corrected chi connectivity index (χ2v) is 4.24. The van der Waals surface area contributed by atoms with Crippen LogP contribution in [-0.2, 0) is 0 Å². The van der Waals surface area contributed by atoms with E-state index in [0.717, 1.165) is 12.1 Å². The van der Waals surface area contributed by atoms with E-state index in [-0.39, 0.29) is 12.2 Å². The van der Waals surface area contributed by atoms with E-state index in [1.54, 1.807) is 24.3 Å². The predicted octanol–water partition coefficient (Wildman–Crippen LogP) is 3.63. The number of ketones is 1. The summed E-state index contributed by atoms with van der Waals surface area (Å²) in [5.74, 6) is -1.12. The molecule has 3 nitrogen and oxygen atoms in total. The Morgan fingerprint density at radius 2 is 1.76 bits per heavy atom. The number of halogens is 2. The highest BCUT2D eigenvalue weighted by Gasteiger charge is 2.13. The Labute approximate surface area is 121 Å². The van der Waals surface area contributed by atoms with Crippen LogP contribution in [0.2, 0.25) is 0 Å². The van der Waals surface area contributed by atoms with Crippen molar-refractivity contribution in [3.63, 3.8) is 0 Å². The maximum Gasteiger partial charge on any atom is 0.203 e. The smallest absolute Gasteiger partial charge is 0.203 e. The van der Waals surface area contributed by atoms with Crippen molar-refractivity contribution in [2.24, 2.45) is 0 Å². The van der Waals surface area contributed by atoms with Gasteiger partial charge in [-0.25, -0.2) is 8.78 Å². The molecule has 0 heterocycles. The van der Waals surface area contributed by atoms with Gasteiger partial charge >= 0.3 is 0 Å². The first-order valence-electron chi connectivity index (χ1n) is 6.44. The van der Waals surface area contributed by atoms with Gasteiger partial charge in [0.25, 0.3) is 0 Å². The first-order valence-corrected chi connectivity index (χ1v) is 6.44. The highest BCUT2D eigenvalue weighted by Crippen LogP contribution is 2.20. The largest absolute Gasteiger partial charge is 0.494 e. The van der Waals surface area contributed by atoms with Crippen LogP contribution in [0.4, 0.5) is 8.78 Å². The van der Waals surface area contributed by atoms with Gasteiger partial charge in [0.05, 0.1) is 12.2 Å². The molecule has 110 valence electrons. The fraction of sp³-hybridized carbons (Fsp3) is 0.188. The van der Waals surface area contributed by atoms with Crippen LogP contribution in [0.3, 0.4) is 0 Å². The van der Waals surface area contributed by atoms with E-state index in [9.17, 15) is 13.6 Å². The summed E-state index contributed by atoms with van der Waals surface area (Å²) in [5.41, 5.74) is -0.197. The van der Waals surface area contributed by atoms with Crippen molar-refractivity contribution in [1.29, 1.82) is 0 Å². The monoisotopic (exact) mass is 292 g/mol. The third-order valence-corrected chi connectivity index (χ3v) is 2.72. The quantitative estimate of drug-likeness (QED) is 0.763. The van der Waals surface area contributed by atoms with E-state index in [0.29, 0.717) is 24.2 Å². The summed E-state index contributed by atoms with van der Waals surface area (Å²) >= 11 is 0. The van der Waals surface area contributed by atoms with Gasteiger partial charge in [-0.05, 0) is 31.2 Å². The molecule has 0 amide bonds. The van der Waals surface area contributed by atoms with Gasteiger partial charge in [-0.2, -0.15) is 0 Å². The average molecular weight is 292 g/mol. The molecule has 5 heteroatoms. The molecular formula is C16H14F2O3. The Kier molecular flexibility index (Phi) is 4.87. The summed E-state index contributed by atoms with van der Waals surface area (Å²) in [5, 5.41) is 0. The van der Waals surface area contributed by atoms with Crippen molar-refractivity contribution in [2.75, 3.05) is 13.2 Å². The van der Waals surface area contributed by atoms with Gasteiger partial charge in [-0.3, -0.25) is 4.79 Å². The summed E-state index contributed by atoms with van der Waals surface area (Å²) in [7, 11) is 0. The van der Waals surface area contributed by atoms with Gasteiger partial charge in [-0.1, -0.05) is 6.07 Å². The predicted molar refractivity (Wildman–Crippen MR) is 73.8 cm³/mol. The molecule has 2 rings (SSSR count). The number of benzene rings is 2. The molecular weight excluding hydrogens is 278 g/mol. The van der Waals surface area contributed by atoms with Gasteiger partial charge in [0.1, 0.15) is 23.1 Å². The van der Waals surface area contributed by atoms with E-state index < -0.39 is 17.4 Å². The zero-order valence-electron chi connectivity index (χ0n) is 11.4. The summed E-state index contributed by atoms with van der Waals surface area (Å²) < 4.78 is 36.8. The summed E-state index contributed by atoms with van der Waals surface area (Å²) in [6.07, 6.45) is 0. The maximum atomic E-state index is 13.5. The average Bonchev–Trinajstić information content (AvgIpc) is 2.45. The van der Waals surface area contributed by atoms with Crippen LogP contribution in [0.25, 0.3) is 0 Å². The second kappa shape index (κ2) is 6.83. The summed E-state index contributed by atoms with van der Waals surface area (Å²) in [6, 6.07) is 9.59. The standard InChI is InChI=1S/C16H14F2O3/c1-2-20-12-4-3-5-13(9-12)21-10-16(19)14-7-6-11(17)8-15(14)18/h3-9H,2,10H2,1H3. The lowest BCUT2D eigenvalue weighted by atomic mass is 10.1. The van der Waals surface area contributed by atoms with Gasteiger partial charge in [0, 0.05) is 12.1 Å². The van der Waals surface area contributed by atoms with Crippen LogP contribution in [0, 0.1) is 11.6 Å². The lowest BCUT2D eigenvalue weighted by Crippen LogP contribution is -2.13. The van der Waals surface area contributed by atoms with Gasteiger partial charge in [0.15, 0.2) is 6.61 Å². The second-order valence-electron chi connectivity index (χ2n) is 4.24. The molecule has 2 aromatic rings. The number of ether oxygens (including phenoxy) is 2. The Morgan fingerprint density at radius 3 is 2.43 bits per heavy atom. The van der Waals surface area contributed by atoms with E-state index in [1.165, 1.54) is 0 Å². The number of hydrogen-bond acceptors (Lipinski definition) is 3. The van der Waals surface area contributed by atoms with E-state index >= 15 is 0 Å². The zero-order chi connectivity index (χ0) is 15.2. The third-order valence-electron chi connectivity index (χ3n) is 2.72. The molecule has 2 aromatic carbocycles. The molecule has 0 saturated carbocycles. The van der Waals surface area contributed by atoms with E-state index in [1.807, 2.05) is 6.92 Å². The first kappa shape index (κ1) is 15.0. The Balaban J connectivity index is 2.02. The summed E-state index contributed by atoms with van der Waals surface area (Å²) in [4.78, 5) is 11.8. The van der Waals surface area contributed by atoms with Crippen molar-refractivity contribution in [3.05, 3.63) is 59.7 Å². The minimum Gasteiger partial charge on any atom is -0.494 e. The topological polar surface area (TPSA) is 35.5 Å². The van der Waals surface area contributed by atoms with Crippen LogP contribution in [0.15, 0.2) is 42.5 Å². The fourth-order valence-corrected chi connectivity index (χ4v) is 1.76. The van der Waals surface area contributed by atoms with Crippen molar-refractivity contribution >= 4 is 5.78 Å². The molecule has 0 unspecified atom stereocenters. The Bertz CT molecular complexity index is 641. The molecule has 0 aliphatic carbocycles. The molecule has 0 bridgehead atoms. The molecule has 0 radical (unpaired) electrons. The lowest BCUT2D eigenvalue weighted by molar-refractivity contribution is 0.0917. The number of rotatable bonds is 6. The SMILES string of the molecule is CCOc1cccc(OCC(=O)c2ccc(F)cc2F)c1. The molecule has 0 N–H and O–H groups in total. The molecule has 0 aliphatic rings. The van der Waals surface area contributed by atoms with Crippen molar-refractivity contribution in [3.8, 4) is 11.5 Å². The van der Waals surface area contributed by atoms with E-state index in [4.69, 9.17) is 9.47 Å². The lowest BCUT2D eigenvalue weighted by Gasteiger charge is -2.08. The number of hydrogen-bond donors (Lipinski definition) is 0. The number of carbonyl (C=O) groups is 1. The minimum atomic E-state index is -0.897. The molecule has 21 heavy (non-hydrogen) atoms. The van der Waals surface area contributed by atoms with Gasteiger partial charge < -0.3 is 9.47 Å². The molecule has 0 aromatic heterocycles. The van der Waals surface area contributed by atoms with E-state index in [2.05, 4.69) is 0 Å². The van der Waals surface area contributed by atoms with Crippen LogP contribution < -0.4 is 9.47 Å².